The van der Waals surface area contributed by atoms with Gasteiger partial charge >= 0.3 is 0 Å². The number of amides is 1. The van der Waals surface area contributed by atoms with Crippen LogP contribution in [0.4, 0.5) is 5.69 Å². The number of carbonyl (C=O) groups is 1. The molecule has 3 aliphatic rings. The minimum absolute atomic E-state index is 0.150. The van der Waals surface area contributed by atoms with Crippen molar-refractivity contribution in [1.29, 1.82) is 0 Å². The third kappa shape index (κ3) is 2.37. The maximum absolute atomic E-state index is 12.7. The number of benzene rings is 1. The fourth-order valence-corrected chi connectivity index (χ4v) is 5.52. The maximum atomic E-state index is 12.7. The van der Waals surface area contributed by atoms with Crippen molar-refractivity contribution in [3.63, 3.8) is 0 Å². The number of carbonyl (C=O) groups excluding carboxylic acids is 1. The first-order chi connectivity index (χ1) is 10.1. The van der Waals surface area contributed by atoms with E-state index in [1.54, 1.807) is 18.2 Å². The van der Waals surface area contributed by atoms with E-state index in [0.717, 1.165) is 24.2 Å². The zero-order valence-corrected chi connectivity index (χ0v) is 13.3. The Morgan fingerprint density at radius 2 is 1.95 bits per heavy atom. The molecule has 1 N–H and O–H groups in total. The zero-order valence-electron chi connectivity index (χ0n) is 11.8. The first kappa shape index (κ1) is 13.9. The lowest BCUT2D eigenvalue weighted by atomic mass is 9.76. The minimum Gasteiger partial charge on any atom is -0.325 e. The van der Waals surface area contributed by atoms with Crippen molar-refractivity contribution in [2.24, 2.45) is 29.6 Å². The Labute approximate surface area is 135 Å². The monoisotopic (exact) mass is 323 g/mol. The molecule has 2 nitrogen and oxygen atoms in total. The number of fused-ring (bicyclic) bond motifs is 1. The Kier molecular flexibility index (Phi) is 3.42. The van der Waals surface area contributed by atoms with Gasteiger partial charge in [0.25, 0.3) is 0 Å². The van der Waals surface area contributed by atoms with Crippen LogP contribution in [0, 0.1) is 29.6 Å². The molecule has 0 unspecified atom stereocenters. The highest BCUT2D eigenvalue weighted by molar-refractivity contribution is 6.36. The van der Waals surface area contributed by atoms with E-state index in [4.69, 9.17) is 23.2 Å². The van der Waals surface area contributed by atoms with Crippen molar-refractivity contribution in [1.82, 2.24) is 0 Å². The number of rotatable bonds is 2. The molecule has 0 radical (unpaired) electrons. The molecule has 0 aromatic heterocycles. The van der Waals surface area contributed by atoms with Crippen LogP contribution in [0.5, 0.6) is 0 Å². The van der Waals surface area contributed by atoms with Crippen LogP contribution < -0.4 is 5.32 Å². The molecule has 0 spiro atoms. The first-order valence-corrected chi connectivity index (χ1v) is 8.63. The summed E-state index contributed by atoms with van der Waals surface area (Å²) < 4.78 is 0. The van der Waals surface area contributed by atoms with Crippen LogP contribution in [0.1, 0.15) is 32.1 Å². The van der Waals surface area contributed by atoms with Crippen LogP contribution in [0.25, 0.3) is 0 Å². The summed E-state index contributed by atoms with van der Waals surface area (Å²) in [5, 5.41) is 4.12. The van der Waals surface area contributed by atoms with Crippen molar-refractivity contribution in [3.05, 3.63) is 28.2 Å². The molecule has 3 aliphatic carbocycles. The van der Waals surface area contributed by atoms with Gasteiger partial charge in [0.05, 0.1) is 10.7 Å². The molecular weight excluding hydrogens is 305 g/mol. The molecule has 4 heteroatoms. The Hall–Kier alpha value is -0.730. The van der Waals surface area contributed by atoms with Crippen molar-refractivity contribution in [3.8, 4) is 0 Å². The summed E-state index contributed by atoms with van der Waals surface area (Å²) in [6.45, 7) is 0. The lowest BCUT2D eigenvalue weighted by Gasteiger charge is -2.29. The normalized spacial score (nSPS) is 36.8. The minimum atomic E-state index is 0.150. The molecule has 2 bridgehead atoms. The van der Waals surface area contributed by atoms with Gasteiger partial charge in [0.1, 0.15) is 0 Å². The largest absolute Gasteiger partial charge is 0.325 e. The quantitative estimate of drug-likeness (QED) is 0.814. The molecule has 0 saturated heterocycles. The van der Waals surface area contributed by atoms with Gasteiger partial charge in [0.15, 0.2) is 0 Å². The molecule has 1 aromatic rings. The van der Waals surface area contributed by atoms with Crippen LogP contribution >= 0.6 is 23.2 Å². The Bertz CT molecular complexity index is 586. The lowest BCUT2D eigenvalue weighted by Crippen LogP contribution is -2.30. The molecule has 0 aliphatic heterocycles. The van der Waals surface area contributed by atoms with E-state index in [0.29, 0.717) is 21.7 Å². The van der Waals surface area contributed by atoms with Gasteiger partial charge in [-0.05, 0) is 67.6 Å². The standard InChI is InChI=1S/C17H19Cl2NO/c18-11-2-4-16(15(19)8-11)20-17(21)14-7-10-5-9-1-3-12(14)13(10)6-9/h2,4,8-10,12-14H,1,3,5-7H2,(H,20,21)/t9-,10-,12+,13+,14-/m0/s1. The number of anilines is 1. The smallest absolute Gasteiger partial charge is 0.227 e. The van der Waals surface area contributed by atoms with E-state index in [-0.39, 0.29) is 11.8 Å². The maximum Gasteiger partial charge on any atom is 0.227 e. The van der Waals surface area contributed by atoms with Gasteiger partial charge in [-0.2, -0.15) is 0 Å². The Balaban J connectivity index is 1.50. The molecule has 5 atom stereocenters. The van der Waals surface area contributed by atoms with E-state index in [9.17, 15) is 4.79 Å². The average molecular weight is 324 g/mol. The Morgan fingerprint density at radius 3 is 2.76 bits per heavy atom. The summed E-state index contributed by atoms with van der Waals surface area (Å²) in [6, 6.07) is 5.22. The first-order valence-electron chi connectivity index (χ1n) is 7.87. The summed E-state index contributed by atoms with van der Waals surface area (Å²) in [5.41, 5.74) is 0.678. The molecule has 1 amide bonds. The second-order valence-electron chi connectivity index (χ2n) is 6.96. The predicted octanol–water partition coefficient (Wildman–Crippen LogP) is 5.00. The van der Waals surface area contributed by atoms with Crippen LogP contribution in [-0.4, -0.2) is 5.91 Å². The van der Waals surface area contributed by atoms with Crippen molar-refractivity contribution >= 4 is 34.8 Å². The number of hydrogen-bond acceptors (Lipinski definition) is 1. The topological polar surface area (TPSA) is 29.1 Å². The lowest BCUT2D eigenvalue weighted by molar-refractivity contribution is -0.121. The van der Waals surface area contributed by atoms with Crippen molar-refractivity contribution in [2.75, 3.05) is 5.32 Å². The average Bonchev–Trinajstić information content (AvgIpc) is 2.93. The highest BCUT2D eigenvalue weighted by Crippen LogP contribution is 2.59. The van der Waals surface area contributed by atoms with Gasteiger partial charge in [-0.25, -0.2) is 0 Å². The molecule has 21 heavy (non-hydrogen) atoms. The van der Waals surface area contributed by atoms with E-state index in [1.807, 2.05) is 0 Å². The third-order valence-corrected chi connectivity index (χ3v) is 6.45. The van der Waals surface area contributed by atoms with Crippen molar-refractivity contribution < 1.29 is 4.79 Å². The van der Waals surface area contributed by atoms with E-state index >= 15 is 0 Å². The van der Waals surface area contributed by atoms with E-state index in [1.165, 1.54) is 25.7 Å². The summed E-state index contributed by atoms with van der Waals surface area (Å²) in [5.74, 6) is 3.47. The SMILES string of the molecule is O=C(Nc1ccc(Cl)cc1Cl)[C@H]1C[C@@H]2C[C@@H]3CC[C@@H]1[C@@H]2C3. The summed E-state index contributed by atoms with van der Waals surface area (Å²) in [4.78, 5) is 12.7. The summed E-state index contributed by atoms with van der Waals surface area (Å²) in [6.07, 6.45) is 6.34. The molecular formula is C17H19Cl2NO. The highest BCUT2D eigenvalue weighted by Gasteiger charge is 2.52. The molecule has 3 fully saturated rings. The molecule has 3 saturated carbocycles. The van der Waals surface area contributed by atoms with Crippen LogP contribution in [0.15, 0.2) is 18.2 Å². The fraction of sp³-hybridized carbons (Fsp3) is 0.588. The van der Waals surface area contributed by atoms with Gasteiger partial charge in [-0.1, -0.05) is 29.6 Å². The summed E-state index contributed by atoms with van der Waals surface area (Å²) in [7, 11) is 0. The van der Waals surface area contributed by atoms with Gasteiger partial charge in [-0.15, -0.1) is 0 Å². The Morgan fingerprint density at radius 1 is 1.10 bits per heavy atom. The second-order valence-corrected chi connectivity index (χ2v) is 7.80. The molecule has 4 rings (SSSR count). The molecule has 0 heterocycles. The molecule has 1 aromatic carbocycles. The number of halogens is 2. The second kappa shape index (κ2) is 5.17. The van der Waals surface area contributed by atoms with Crippen LogP contribution in [-0.2, 0) is 4.79 Å². The zero-order chi connectivity index (χ0) is 14.6. The predicted molar refractivity (Wildman–Crippen MR) is 85.6 cm³/mol. The van der Waals surface area contributed by atoms with E-state index in [2.05, 4.69) is 5.32 Å². The van der Waals surface area contributed by atoms with Gasteiger partial charge in [-0.3, -0.25) is 4.79 Å². The van der Waals surface area contributed by atoms with E-state index < -0.39 is 0 Å². The van der Waals surface area contributed by atoms with Gasteiger partial charge in [0, 0.05) is 10.9 Å². The van der Waals surface area contributed by atoms with Crippen LogP contribution in [0.2, 0.25) is 10.0 Å². The van der Waals surface area contributed by atoms with Crippen molar-refractivity contribution in [2.45, 2.75) is 32.1 Å². The number of hydrogen-bond donors (Lipinski definition) is 1. The van der Waals surface area contributed by atoms with Gasteiger partial charge < -0.3 is 5.32 Å². The highest BCUT2D eigenvalue weighted by atomic mass is 35.5. The summed E-state index contributed by atoms with van der Waals surface area (Å²) >= 11 is 12.1. The fourth-order valence-electron chi connectivity index (χ4n) is 5.07. The van der Waals surface area contributed by atoms with Crippen LogP contribution in [0.3, 0.4) is 0 Å². The number of nitrogens with one attached hydrogen (secondary N) is 1. The molecule has 112 valence electrons. The van der Waals surface area contributed by atoms with Gasteiger partial charge in [0.2, 0.25) is 5.91 Å². The third-order valence-electron chi connectivity index (χ3n) is 5.90.